The van der Waals surface area contributed by atoms with Gasteiger partial charge < -0.3 is 0 Å². The van der Waals surface area contributed by atoms with Crippen LogP contribution in [0.3, 0.4) is 0 Å². The maximum Gasteiger partial charge on any atom is -0.00851 e. The molecule has 3 fully saturated rings. The van der Waals surface area contributed by atoms with Crippen LogP contribution in [-0.4, -0.2) is 0 Å². The van der Waals surface area contributed by atoms with Gasteiger partial charge in [-0.2, -0.15) is 0 Å². The third-order valence-electron chi connectivity index (χ3n) is 11.8. The van der Waals surface area contributed by atoms with Crippen LogP contribution in [-0.2, 0) is 6.42 Å². The van der Waals surface area contributed by atoms with Gasteiger partial charge in [-0.15, -0.1) is 0 Å². The maximum absolute atomic E-state index is 2.78. The Bertz CT molecular complexity index is 848. The van der Waals surface area contributed by atoms with Gasteiger partial charge in [0.25, 0.3) is 0 Å². The summed E-state index contributed by atoms with van der Waals surface area (Å²) in [5.74, 6) is 6.52. The van der Waals surface area contributed by atoms with E-state index in [-0.39, 0.29) is 0 Å². The van der Waals surface area contributed by atoms with Gasteiger partial charge in [-0.3, -0.25) is 0 Å². The molecule has 0 heterocycles. The summed E-state index contributed by atoms with van der Waals surface area (Å²) in [6.07, 6.45) is 20.1. The summed E-state index contributed by atoms with van der Waals surface area (Å²) >= 11 is 0. The fraction of sp³-hybridized carbons (Fsp3) is 0.765. The molecule has 0 unspecified atom stereocenters. The molecule has 8 atom stereocenters. The van der Waals surface area contributed by atoms with Crippen molar-refractivity contribution in [3.63, 3.8) is 0 Å². The molecule has 0 saturated heterocycles. The molecule has 0 nitrogen and oxygen atoms in total. The zero-order chi connectivity index (χ0) is 23.9. The first kappa shape index (κ1) is 24.6. The molecule has 0 aromatic heterocycles. The minimum absolute atomic E-state index is 0.498. The number of benzene rings is 1. The summed E-state index contributed by atoms with van der Waals surface area (Å²) in [7, 11) is 0. The standard InChI is InChI=1S/C34H52/c1-24(2)10-9-11-25(3)30-16-17-31-29-15-14-28-23-27(22-26-12-7-6-8-13-26)18-20-33(28,4)32(29)19-21-34(30,31)5/h6-8,12-14,24-25,27,29-32H,9-11,15-23H2,1-5H3/t25-,27-,29+,30-,31+,32+,33+,34-/m1/s1. The molecule has 5 rings (SSSR count). The topological polar surface area (TPSA) is 0 Å². The third kappa shape index (κ3) is 4.46. The van der Waals surface area contributed by atoms with Crippen LogP contribution in [0, 0.1) is 52.3 Å². The van der Waals surface area contributed by atoms with Crippen molar-refractivity contribution >= 4 is 0 Å². The molecule has 0 amide bonds. The monoisotopic (exact) mass is 460 g/mol. The number of hydrogen-bond donors (Lipinski definition) is 0. The molecule has 0 heteroatoms. The van der Waals surface area contributed by atoms with Gasteiger partial charge >= 0.3 is 0 Å². The Morgan fingerprint density at radius 1 is 0.882 bits per heavy atom. The average Bonchev–Trinajstić information content (AvgIpc) is 3.17. The van der Waals surface area contributed by atoms with Gasteiger partial charge in [-0.05, 0) is 116 Å². The lowest BCUT2D eigenvalue weighted by Gasteiger charge is -2.58. The summed E-state index contributed by atoms with van der Waals surface area (Å²) in [4.78, 5) is 0. The van der Waals surface area contributed by atoms with Crippen LogP contribution >= 0.6 is 0 Å². The Morgan fingerprint density at radius 2 is 1.68 bits per heavy atom. The lowest BCUT2D eigenvalue weighted by atomic mass is 9.46. The van der Waals surface area contributed by atoms with Crippen molar-refractivity contribution in [1.82, 2.24) is 0 Å². The Balaban J connectivity index is 1.27. The van der Waals surface area contributed by atoms with Gasteiger partial charge in [0.2, 0.25) is 0 Å². The number of allylic oxidation sites excluding steroid dienone is 2. The summed E-state index contributed by atoms with van der Waals surface area (Å²) < 4.78 is 0. The van der Waals surface area contributed by atoms with Crippen LogP contribution < -0.4 is 0 Å². The van der Waals surface area contributed by atoms with E-state index in [2.05, 4.69) is 71.0 Å². The van der Waals surface area contributed by atoms with Crippen LogP contribution in [0.5, 0.6) is 0 Å². The van der Waals surface area contributed by atoms with Gasteiger partial charge in [-0.1, -0.05) is 95.9 Å². The van der Waals surface area contributed by atoms with Crippen LogP contribution in [0.1, 0.15) is 111 Å². The molecule has 0 aliphatic heterocycles. The van der Waals surface area contributed by atoms with Crippen molar-refractivity contribution in [2.45, 2.75) is 112 Å². The van der Waals surface area contributed by atoms with E-state index in [0.29, 0.717) is 10.8 Å². The van der Waals surface area contributed by atoms with E-state index in [1.807, 2.05) is 5.57 Å². The van der Waals surface area contributed by atoms with E-state index in [4.69, 9.17) is 0 Å². The van der Waals surface area contributed by atoms with E-state index >= 15 is 0 Å². The minimum Gasteiger partial charge on any atom is -0.0845 e. The highest BCUT2D eigenvalue weighted by molar-refractivity contribution is 5.26. The molecule has 0 bridgehead atoms. The molecular formula is C34H52. The number of fused-ring (bicyclic) bond motifs is 5. The van der Waals surface area contributed by atoms with Crippen LogP contribution in [0.15, 0.2) is 42.0 Å². The second-order valence-electron chi connectivity index (χ2n) is 14.1. The fourth-order valence-electron chi connectivity index (χ4n) is 9.88. The van der Waals surface area contributed by atoms with Crippen LogP contribution in [0.25, 0.3) is 0 Å². The Hall–Kier alpha value is -1.04. The van der Waals surface area contributed by atoms with Crippen molar-refractivity contribution in [3.8, 4) is 0 Å². The quantitative estimate of drug-likeness (QED) is 0.355. The summed E-state index contributed by atoms with van der Waals surface area (Å²) in [5.41, 5.74) is 4.52. The van der Waals surface area contributed by atoms with Crippen molar-refractivity contribution in [1.29, 1.82) is 0 Å². The third-order valence-corrected chi connectivity index (χ3v) is 11.8. The van der Waals surface area contributed by atoms with Crippen LogP contribution in [0.2, 0.25) is 0 Å². The van der Waals surface area contributed by atoms with Crippen molar-refractivity contribution in [2.75, 3.05) is 0 Å². The normalized spacial score (nSPS) is 40.3. The zero-order valence-electron chi connectivity index (χ0n) is 23.0. The highest BCUT2D eigenvalue weighted by atomic mass is 14.6. The molecular weight excluding hydrogens is 408 g/mol. The van der Waals surface area contributed by atoms with Crippen LogP contribution in [0.4, 0.5) is 0 Å². The molecule has 4 aliphatic rings. The lowest BCUT2D eigenvalue weighted by molar-refractivity contribution is -0.0527. The first-order valence-electron chi connectivity index (χ1n) is 15.0. The minimum atomic E-state index is 0.498. The predicted molar refractivity (Wildman–Crippen MR) is 147 cm³/mol. The highest BCUT2D eigenvalue weighted by Gasteiger charge is 2.59. The Labute approximate surface area is 211 Å². The first-order valence-corrected chi connectivity index (χ1v) is 15.0. The first-order chi connectivity index (χ1) is 16.3. The van der Waals surface area contributed by atoms with Gasteiger partial charge in [0, 0.05) is 0 Å². The zero-order valence-corrected chi connectivity index (χ0v) is 23.0. The van der Waals surface area contributed by atoms with E-state index in [1.54, 1.807) is 5.56 Å². The average molecular weight is 461 g/mol. The summed E-state index contributed by atoms with van der Waals surface area (Å²) in [5, 5.41) is 0. The second-order valence-corrected chi connectivity index (χ2v) is 14.1. The van der Waals surface area contributed by atoms with Crippen molar-refractivity contribution in [3.05, 3.63) is 47.5 Å². The molecule has 3 saturated carbocycles. The van der Waals surface area contributed by atoms with Crippen molar-refractivity contribution in [2.24, 2.45) is 52.3 Å². The van der Waals surface area contributed by atoms with E-state index in [0.717, 1.165) is 41.4 Å². The Morgan fingerprint density at radius 3 is 2.44 bits per heavy atom. The molecule has 1 aromatic rings. The highest BCUT2D eigenvalue weighted by Crippen LogP contribution is 2.67. The lowest BCUT2D eigenvalue weighted by Crippen LogP contribution is -2.50. The SMILES string of the molecule is CC(C)CCC[C@@H](C)[C@H]1CC[C@H]2[C@@H]3CC=C4C[C@@H](Cc5ccccc5)CC[C@]4(C)[C@H]3CC[C@]12C. The largest absolute Gasteiger partial charge is 0.0845 e. The molecule has 4 aliphatic carbocycles. The molecule has 0 spiro atoms. The molecule has 188 valence electrons. The summed E-state index contributed by atoms with van der Waals surface area (Å²) in [6, 6.07) is 11.3. The van der Waals surface area contributed by atoms with Gasteiger partial charge in [0.1, 0.15) is 0 Å². The van der Waals surface area contributed by atoms with E-state index in [1.165, 1.54) is 77.0 Å². The van der Waals surface area contributed by atoms with Gasteiger partial charge in [0.05, 0.1) is 0 Å². The van der Waals surface area contributed by atoms with E-state index in [9.17, 15) is 0 Å². The molecule has 0 N–H and O–H groups in total. The van der Waals surface area contributed by atoms with Crippen molar-refractivity contribution < 1.29 is 0 Å². The van der Waals surface area contributed by atoms with Gasteiger partial charge in [0.15, 0.2) is 0 Å². The smallest absolute Gasteiger partial charge is 0.00851 e. The molecule has 1 aromatic carbocycles. The Kier molecular flexibility index (Phi) is 7.09. The predicted octanol–water partition coefficient (Wildman–Crippen LogP) is 9.89. The second kappa shape index (κ2) is 9.78. The maximum atomic E-state index is 2.78. The fourth-order valence-corrected chi connectivity index (χ4v) is 9.88. The van der Waals surface area contributed by atoms with E-state index < -0.39 is 0 Å². The number of rotatable bonds is 7. The molecule has 34 heavy (non-hydrogen) atoms. The number of hydrogen-bond acceptors (Lipinski definition) is 0. The molecule has 0 radical (unpaired) electrons. The van der Waals surface area contributed by atoms with Gasteiger partial charge in [-0.25, -0.2) is 0 Å². The summed E-state index contributed by atoms with van der Waals surface area (Å²) in [6.45, 7) is 12.8.